The summed E-state index contributed by atoms with van der Waals surface area (Å²) in [7, 11) is 0. The molecule has 1 aliphatic rings. The third-order valence-corrected chi connectivity index (χ3v) is 6.04. The van der Waals surface area contributed by atoms with Crippen molar-refractivity contribution in [1.29, 1.82) is 0 Å². The number of alkyl halides is 3. The SMILES string of the molecule is NC(=O)c1c(F)ccc(OC(COC2CCCCO2)c2nc(-c3ccc(C(F)(F)F)cc3)c(Br)o2)c1F. The zero-order chi connectivity index (χ0) is 26.7. The first-order valence-corrected chi connectivity index (χ1v) is 11.9. The molecular formula is C24H20BrF5N2O5. The molecule has 1 saturated heterocycles. The van der Waals surface area contributed by atoms with Gasteiger partial charge in [0.25, 0.3) is 5.91 Å². The van der Waals surface area contributed by atoms with Gasteiger partial charge in [-0.25, -0.2) is 13.8 Å². The Kier molecular flexibility index (Phi) is 8.14. The summed E-state index contributed by atoms with van der Waals surface area (Å²) in [5, 5.41) is 0. The van der Waals surface area contributed by atoms with Crippen molar-refractivity contribution >= 4 is 21.8 Å². The lowest BCUT2D eigenvalue weighted by atomic mass is 10.1. The Morgan fingerprint density at radius 2 is 1.89 bits per heavy atom. The highest BCUT2D eigenvalue weighted by molar-refractivity contribution is 9.10. The summed E-state index contributed by atoms with van der Waals surface area (Å²) in [6, 6.07) is 6.02. The molecule has 4 rings (SSSR count). The van der Waals surface area contributed by atoms with Crippen LogP contribution in [0.2, 0.25) is 0 Å². The van der Waals surface area contributed by atoms with Crippen molar-refractivity contribution in [3.63, 3.8) is 0 Å². The number of carbonyl (C=O) groups excluding carboxylic acids is 1. The van der Waals surface area contributed by atoms with Crippen LogP contribution in [0.3, 0.4) is 0 Å². The van der Waals surface area contributed by atoms with Gasteiger partial charge in [0, 0.05) is 12.2 Å². The first kappa shape index (κ1) is 27.0. The molecule has 3 aromatic rings. The molecule has 0 aliphatic carbocycles. The molecule has 2 N–H and O–H groups in total. The normalized spacial score (nSPS) is 17.0. The second-order valence-electron chi connectivity index (χ2n) is 8.08. The van der Waals surface area contributed by atoms with Crippen molar-refractivity contribution in [3.8, 4) is 17.0 Å². The second-order valence-corrected chi connectivity index (χ2v) is 8.80. The molecule has 1 aliphatic heterocycles. The molecule has 7 nitrogen and oxygen atoms in total. The number of aromatic nitrogens is 1. The zero-order valence-corrected chi connectivity index (χ0v) is 20.6. The Morgan fingerprint density at radius 1 is 1.16 bits per heavy atom. The minimum atomic E-state index is -4.51. The van der Waals surface area contributed by atoms with Gasteiger partial charge in [0.2, 0.25) is 5.89 Å². The molecule has 1 fully saturated rings. The van der Waals surface area contributed by atoms with Crippen LogP contribution in [0.15, 0.2) is 45.5 Å². The van der Waals surface area contributed by atoms with Gasteiger partial charge in [0.15, 0.2) is 28.6 Å². The molecule has 2 atom stereocenters. The van der Waals surface area contributed by atoms with Crippen LogP contribution < -0.4 is 10.5 Å². The van der Waals surface area contributed by atoms with Gasteiger partial charge in [0.1, 0.15) is 17.1 Å². The number of benzene rings is 2. The van der Waals surface area contributed by atoms with E-state index >= 15 is 0 Å². The minimum absolute atomic E-state index is 0.0715. The minimum Gasteiger partial charge on any atom is -0.475 e. The lowest BCUT2D eigenvalue weighted by Gasteiger charge is -2.25. The smallest absolute Gasteiger partial charge is 0.416 e. The van der Waals surface area contributed by atoms with Crippen LogP contribution in [0.5, 0.6) is 5.75 Å². The number of rotatable bonds is 8. The molecule has 2 aromatic carbocycles. The zero-order valence-electron chi connectivity index (χ0n) is 19.0. The van der Waals surface area contributed by atoms with E-state index in [-0.39, 0.29) is 22.9 Å². The van der Waals surface area contributed by atoms with Gasteiger partial charge in [-0.3, -0.25) is 4.79 Å². The fourth-order valence-electron chi connectivity index (χ4n) is 3.65. The summed E-state index contributed by atoms with van der Waals surface area (Å²) >= 11 is 3.19. The van der Waals surface area contributed by atoms with E-state index in [9.17, 15) is 26.7 Å². The third kappa shape index (κ3) is 6.28. The van der Waals surface area contributed by atoms with E-state index in [1.165, 1.54) is 12.1 Å². The van der Waals surface area contributed by atoms with Crippen LogP contribution >= 0.6 is 15.9 Å². The number of nitrogens with two attached hydrogens (primary N) is 1. The monoisotopic (exact) mass is 590 g/mol. The molecule has 13 heteroatoms. The summed E-state index contributed by atoms with van der Waals surface area (Å²) in [4.78, 5) is 15.8. The van der Waals surface area contributed by atoms with Gasteiger partial charge in [-0.05, 0) is 59.5 Å². The summed E-state index contributed by atoms with van der Waals surface area (Å²) in [5.41, 5.74) is 3.72. The Balaban J connectivity index is 1.65. The van der Waals surface area contributed by atoms with Crippen LogP contribution in [0.1, 0.15) is 47.2 Å². The van der Waals surface area contributed by atoms with E-state index in [4.69, 9.17) is 24.4 Å². The fraction of sp³-hybridized carbons (Fsp3) is 0.333. The number of primary amides is 1. The highest BCUT2D eigenvalue weighted by Crippen LogP contribution is 2.36. The van der Waals surface area contributed by atoms with E-state index in [2.05, 4.69) is 20.9 Å². The molecule has 0 saturated carbocycles. The number of hydrogen-bond acceptors (Lipinski definition) is 6. The highest BCUT2D eigenvalue weighted by atomic mass is 79.9. The fourth-order valence-corrected chi connectivity index (χ4v) is 4.13. The molecule has 1 aromatic heterocycles. The Labute approximate surface area is 215 Å². The Hall–Kier alpha value is -3.03. The quantitative estimate of drug-likeness (QED) is 0.315. The van der Waals surface area contributed by atoms with E-state index in [0.29, 0.717) is 18.6 Å². The lowest BCUT2D eigenvalue weighted by Crippen LogP contribution is -2.26. The molecule has 2 unspecified atom stereocenters. The van der Waals surface area contributed by atoms with Gasteiger partial charge >= 0.3 is 6.18 Å². The number of halogens is 6. The molecule has 37 heavy (non-hydrogen) atoms. The average Bonchev–Trinajstić information content (AvgIpc) is 3.24. The van der Waals surface area contributed by atoms with Crippen LogP contribution in [0.4, 0.5) is 22.0 Å². The standard InChI is InChI=1S/C24H20BrF5N2O5/c25-21-20(12-4-6-13(7-5-12)24(28,29)30)32-23(37-21)16(11-35-17-3-1-2-10-34-17)36-15-9-8-14(26)18(19(15)27)22(31)33/h4-9,16-17H,1-3,10-11H2,(H2,31,33). The summed E-state index contributed by atoms with van der Waals surface area (Å²) in [6.07, 6.45) is -3.94. The highest BCUT2D eigenvalue weighted by Gasteiger charge is 2.31. The van der Waals surface area contributed by atoms with Gasteiger partial charge in [-0.1, -0.05) is 12.1 Å². The number of ether oxygens (including phenoxy) is 3. The van der Waals surface area contributed by atoms with E-state index in [0.717, 1.165) is 37.1 Å². The largest absolute Gasteiger partial charge is 0.475 e. The maximum Gasteiger partial charge on any atom is 0.416 e. The van der Waals surface area contributed by atoms with Crippen molar-refractivity contribution in [2.75, 3.05) is 13.2 Å². The lowest BCUT2D eigenvalue weighted by molar-refractivity contribution is -0.175. The van der Waals surface area contributed by atoms with Crippen LogP contribution in [0.25, 0.3) is 11.3 Å². The summed E-state index contributed by atoms with van der Waals surface area (Å²) < 4.78 is 90.2. The number of hydrogen-bond donors (Lipinski definition) is 1. The molecule has 0 bridgehead atoms. The van der Waals surface area contributed by atoms with E-state index in [1.54, 1.807) is 0 Å². The average molecular weight is 591 g/mol. The first-order chi connectivity index (χ1) is 17.5. The Morgan fingerprint density at radius 3 is 2.51 bits per heavy atom. The van der Waals surface area contributed by atoms with E-state index in [1.807, 2.05) is 0 Å². The number of amides is 1. The summed E-state index contributed by atoms with van der Waals surface area (Å²) in [6.45, 7) is 0.250. The molecule has 1 amide bonds. The second kappa shape index (κ2) is 11.2. The van der Waals surface area contributed by atoms with Crippen LogP contribution in [-0.4, -0.2) is 30.4 Å². The van der Waals surface area contributed by atoms with Gasteiger partial charge < -0.3 is 24.4 Å². The maximum atomic E-state index is 14.9. The van der Waals surface area contributed by atoms with Crippen LogP contribution in [-0.2, 0) is 15.7 Å². The molecule has 2 heterocycles. The van der Waals surface area contributed by atoms with Crippen molar-refractivity contribution < 1.29 is 45.4 Å². The van der Waals surface area contributed by atoms with Gasteiger partial charge in [-0.2, -0.15) is 13.2 Å². The number of oxazole rings is 1. The van der Waals surface area contributed by atoms with Crippen molar-refractivity contribution in [1.82, 2.24) is 4.98 Å². The third-order valence-electron chi connectivity index (χ3n) is 5.51. The van der Waals surface area contributed by atoms with Crippen molar-refractivity contribution in [2.24, 2.45) is 5.73 Å². The molecule has 198 valence electrons. The number of carbonyl (C=O) groups is 1. The number of nitrogens with zero attached hydrogens (tertiary/aromatic N) is 1. The van der Waals surface area contributed by atoms with Crippen LogP contribution in [0, 0.1) is 11.6 Å². The first-order valence-electron chi connectivity index (χ1n) is 11.1. The van der Waals surface area contributed by atoms with E-state index < -0.39 is 53.0 Å². The van der Waals surface area contributed by atoms with Crippen molar-refractivity contribution in [3.05, 3.63) is 69.7 Å². The molecular weight excluding hydrogens is 571 g/mol. The maximum absolute atomic E-state index is 14.9. The Bertz CT molecular complexity index is 1260. The topological polar surface area (TPSA) is 96.8 Å². The van der Waals surface area contributed by atoms with Gasteiger partial charge in [-0.15, -0.1) is 0 Å². The van der Waals surface area contributed by atoms with Crippen molar-refractivity contribution in [2.45, 2.75) is 37.8 Å². The molecule has 0 radical (unpaired) electrons. The predicted molar refractivity (Wildman–Crippen MR) is 122 cm³/mol. The predicted octanol–water partition coefficient (Wildman–Crippen LogP) is 6.16. The molecule has 0 spiro atoms. The summed E-state index contributed by atoms with van der Waals surface area (Å²) in [5.74, 6) is -4.45. The van der Waals surface area contributed by atoms with Gasteiger partial charge in [0.05, 0.1) is 12.2 Å².